The third-order valence-corrected chi connectivity index (χ3v) is 6.91. The maximum Gasteiger partial charge on any atom is 0.573 e. The summed E-state index contributed by atoms with van der Waals surface area (Å²) >= 11 is 0. The number of piperidine rings is 1. The number of para-hydroxylation sites is 1. The van der Waals surface area contributed by atoms with Crippen LogP contribution in [0.4, 0.5) is 13.2 Å². The van der Waals surface area contributed by atoms with Crippen molar-refractivity contribution in [2.24, 2.45) is 5.92 Å². The van der Waals surface area contributed by atoms with E-state index in [1.807, 2.05) is 13.1 Å². The quantitative estimate of drug-likeness (QED) is 0.618. The number of hydrogen-bond acceptors (Lipinski definition) is 4. The lowest BCUT2D eigenvalue weighted by Gasteiger charge is -2.22. The van der Waals surface area contributed by atoms with Gasteiger partial charge in [0.2, 0.25) is 0 Å². The molecule has 0 spiro atoms. The summed E-state index contributed by atoms with van der Waals surface area (Å²) in [7, 11) is 0. The lowest BCUT2D eigenvalue weighted by atomic mass is 9.94. The topological polar surface area (TPSA) is 73.7 Å². The van der Waals surface area contributed by atoms with Crippen LogP contribution in [0.1, 0.15) is 29.2 Å². The second kappa shape index (κ2) is 6.14. The largest absolute Gasteiger partial charge is 0.573 e. The SMILES string of the molecule is Cc1c[nH]c(=O)c2c(C3OC3N3CC4CC4(c4ccccc4OC(F)(F)F)C3)c[nH]c12. The summed E-state index contributed by atoms with van der Waals surface area (Å²) in [5.74, 6) is 0.148. The van der Waals surface area contributed by atoms with Crippen molar-refractivity contribution in [1.82, 2.24) is 14.9 Å². The summed E-state index contributed by atoms with van der Waals surface area (Å²) in [5, 5.41) is 0.607. The van der Waals surface area contributed by atoms with Gasteiger partial charge in [-0.25, -0.2) is 0 Å². The Morgan fingerprint density at radius 2 is 2.03 bits per heavy atom. The predicted octanol–water partition coefficient (Wildman–Crippen LogP) is 3.73. The van der Waals surface area contributed by atoms with Gasteiger partial charge in [0.25, 0.3) is 5.56 Å². The Morgan fingerprint density at radius 3 is 2.84 bits per heavy atom. The van der Waals surface area contributed by atoms with Gasteiger partial charge in [-0.1, -0.05) is 18.2 Å². The number of nitrogens with zero attached hydrogens (tertiary/aromatic N) is 1. The summed E-state index contributed by atoms with van der Waals surface area (Å²) in [5.41, 5.74) is 2.67. The number of rotatable bonds is 4. The van der Waals surface area contributed by atoms with Crippen LogP contribution >= 0.6 is 0 Å². The van der Waals surface area contributed by atoms with Gasteiger partial charge in [0.15, 0.2) is 0 Å². The highest BCUT2D eigenvalue weighted by molar-refractivity contribution is 5.85. The standard InChI is InChI=1S/C22H20F3N3O3/c1-11-7-27-19(29)16-13(8-26-17(11)16)18-20(30-18)28-9-12-6-21(12,10-28)14-4-2-3-5-15(14)31-22(23,24)25/h2-5,7-8,12,18,20,26H,6,9-10H2,1H3,(H,27,29). The number of halogens is 3. The first kappa shape index (κ1) is 18.9. The lowest BCUT2D eigenvalue weighted by molar-refractivity contribution is -0.275. The molecule has 6 rings (SSSR count). The Bertz CT molecular complexity index is 1250. The van der Waals surface area contributed by atoms with E-state index < -0.39 is 6.36 Å². The average Bonchev–Trinajstić information content (AvgIpc) is 3.56. The number of nitrogens with one attached hydrogen (secondary N) is 2. The summed E-state index contributed by atoms with van der Waals surface area (Å²) in [6.07, 6.45) is -0.802. The van der Waals surface area contributed by atoms with E-state index in [2.05, 4.69) is 19.6 Å². The van der Waals surface area contributed by atoms with Crippen LogP contribution in [0.3, 0.4) is 0 Å². The molecule has 2 aromatic heterocycles. The number of H-pyrrole nitrogens is 2. The maximum atomic E-state index is 12.9. The van der Waals surface area contributed by atoms with Crippen molar-refractivity contribution in [2.75, 3.05) is 13.1 Å². The molecule has 3 fully saturated rings. The number of fused-ring (bicyclic) bond motifs is 2. The normalized spacial score (nSPS) is 29.9. The van der Waals surface area contributed by atoms with Gasteiger partial charge in [0.05, 0.1) is 10.9 Å². The van der Waals surface area contributed by atoms with Crippen molar-refractivity contribution in [1.29, 1.82) is 0 Å². The molecule has 31 heavy (non-hydrogen) atoms. The first-order chi connectivity index (χ1) is 14.8. The monoisotopic (exact) mass is 431 g/mol. The molecule has 2 saturated heterocycles. The number of aromatic nitrogens is 2. The summed E-state index contributed by atoms with van der Waals surface area (Å²) in [6, 6.07) is 6.43. The number of alkyl halides is 3. The zero-order valence-electron chi connectivity index (χ0n) is 16.6. The van der Waals surface area contributed by atoms with E-state index in [4.69, 9.17) is 4.74 Å². The van der Waals surface area contributed by atoms with Crippen molar-refractivity contribution in [2.45, 2.75) is 37.5 Å². The van der Waals surface area contributed by atoms with Crippen LogP contribution in [-0.4, -0.2) is 40.5 Å². The summed E-state index contributed by atoms with van der Waals surface area (Å²) < 4.78 is 48.9. The Balaban J connectivity index is 1.25. The van der Waals surface area contributed by atoms with Crippen LogP contribution in [0.5, 0.6) is 5.75 Å². The van der Waals surface area contributed by atoms with Crippen LogP contribution < -0.4 is 10.3 Å². The minimum atomic E-state index is -4.72. The van der Waals surface area contributed by atoms with Gasteiger partial charge in [-0.2, -0.15) is 0 Å². The Labute approximate surface area is 175 Å². The van der Waals surface area contributed by atoms with Crippen LogP contribution in [0, 0.1) is 12.8 Å². The fraction of sp³-hybridized carbons (Fsp3) is 0.409. The molecule has 1 aliphatic carbocycles. The number of likely N-dealkylation sites (tertiary alicyclic amines) is 1. The highest BCUT2D eigenvalue weighted by Crippen LogP contribution is 2.63. The maximum absolute atomic E-state index is 12.9. The van der Waals surface area contributed by atoms with E-state index in [1.54, 1.807) is 24.4 Å². The van der Waals surface area contributed by atoms with E-state index in [9.17, 15) is 18.0 Å². The minimum absolute atomic E-state index is 0.119. The van der Waals surface area contributed by atoms with Gasteiger partial charge in [-0.15, -0.1) is 13.2 Å². The first-order valence-corrected chi connectivity index (χ1v) is 10.2. The van der Waals surface area contributed by atoms with Crippen LogP contribution in [0.25, 0.3) is 10.9 Å². The number of hydrogen-bond donors (Lipinski definition) is 2. The van der Waals surface area contributed by atoms with E-state index >= 15 is 0 Å². The zero-order chi connectivity index (χ0) is 21.5. The van der Waals surface area contributed by atoms with Gasteiger partial charge in [0.1, 0.15) is 18.1 Å². The van der Waals surface area contributed by atoms with Crippen molar-refractivity contribution >= 4 is 10.9 Å². The second-order valence-electron chi connectivity index (χ2n) is 8.77. The second-order valence-corrected chi connectivity index (χ2v) is 8.77. The molecular weight excluding hydrogens is 411 g/mol. The van der Waals surface area contributed by atoms with Crippen molar-refractivity contribution in [3.05, 3.63) is 63.7 Å². The van der Waals surface area contributed by atoms with Gasteiger partial charge >= 0.3 is 6.36 Å². The van der Waals surface area contributed by atoms with Crippen molar-refractivity contribution in [3.63, 3.8) is 0 Å². The number of aromatic amines is 2. The summed E-state index contributed by atoms with van der Waals surface area (Å²) in [4.78, 5) is 20.5. The molecule has 4 unspecified atom stereocenters. The molecule has 0 radical (unpaired) electrons. The number of ether oxygens (including phenoxy) is 2. The molecule has 3 aliphatic rings. The molecular formula is C22H20F3N3O3. The molecule has 1 aromatic carbocycles. The van der Waals surface area contributed by atoms with E-state index in [0.29, 0.717) is 17.5 Å². The Hall–Kier alpha value is -2.78. The van der Waals surface area contributed by atoms with E-state index in [1.165, 1.54) is 6.07 Å². The molecule has 162 valence electrons. The summed E-state index contributed by atoms with van der Waals surface area (Å²) in [6.45, 7) is 3.27. The smallest absolute Gasteiger partial charge is 0.405 e. The molecule has 6 nitrogen and oxygen atoms in total. The third kappa shape index (κ3) is 2.90. The highest BCUT2D eigenvalue weighted by Gasteiger charge is 2.65. The molecule has 4 heterocycles. The molecule has 1 saturated carbocycles. The van der Waals surface area contributed by atoms with E-state index in [-0.39, 0.29) is 35.0 Å². The fourth-order valence-corrected chi connectivity index (χ4v) is 5.37. The molecule has 0 amide bonds. The molecule has 3 aromatic rings. The predicted molar refractivity (Wildman–Crippen MR) is 106 cm³/mol. The highest BCUT2D eigenvalue weighted by atomic mass is 19.4. The van der Waals surface area contributed by atoms with Gasteiger partial charge in [-0.05, 0) is 30.9 Å². The van der Waals surface area contributed by atoms with Crippen LogP contribution in [-0.2, 0) is 10.2 Å². The third-order valence-electron chi connectivity index (χ3n) is 6.91. The lowest BCUT2D eigenvalue weighted by Crippen LogP contribution is -2.30. The minimum Gasteiger partial charge on any atom is -0.405 e. The first-order valence-electron chi connectivity index (χ1n) is 10.2. The van der Waals surface area contributed by atoms with Crippen molar-refractivity contribution < 1.29 is 22.6 Å². The van der Waals surface area contributed by atoms with Crippen LogP contribution in [0.2, 0.25) is 0 Å². The van der Waals surface area contributed by atoms with Crippen molar-refractivity contribution in [3.8, 4) is 5.75 Å². The number of epoxide rings is 1. The van der Waals surface area contributed by atoms with Crippen LogP contribution in [0.15, 0.2) is 41.5 Å². The zero-order valence-corrected chi connectivity index (χ0v) is 16.6. The molecule has 2 aliphatic heterocycles. The molecule has 0 bridgehead atoms. The number of pyridine rings is 1. The Kier molecular flexibility index (Phi) is 3.75. The van der Waals surface area contributed by atoms with Gasteiger partial charge in [0, 0.05) is 42.0 Å². The van der Waals surface area contributed by atoms with Gasteiger partial charge < -0.3 is 19.4 Å². The molecule has 2 N–H and O–H groups in total. The van der Waals surface area contributed by atoms with Gasteiger partial charge in [-0.3, -0.25) is 9.69 Å². The van der Waals surface area contributed by atoms with E-state index in [0.717, 1.165) is 29.6 Å². The number of benzene rings is 1. The molecule has 9 heteroatoms. The molecule has 4 atom stereocenters. The average molecular weight is 431 g/mol. The number of aryl methyl sites for hydroxylation is 1. The Morgan fingerprint density at radius 1 is 1.23 bits per heavy atom. The fourth-order valence-electron chi connectivity index (χ4n) is 5.37.